The Morgan fingerprint density at radius 1 is 1.67 bits per heavy atom. The average Bonchev–Trinajstić information content (AvgIpc) is 1.99. The highest BCUT2D eigenvalue weighted by atomic mass is 19.1. The van der Waals surface area contributed by atoms with E-state index in [0.29, 0.717) is 13.2 Å². The van der Waals surface area contributed by atoms with Crippen LogP contribution in [0.4, 0.5) is 4.39 Å². The quantitative estimate of drug-likeness (QED) is 0.514. The normalized spacial score (nSPS) is 38.0. The van der Waals surface area contributed by atoms with E-state index in [2.05, 4.69) is 5.32 Å². The summed E-state index contributed by atoms with van der Waals surface area (Å²) in [6.45, 7) is 3.59. The fraction of sp³-hybridized carbons (Fsp3) is 1.00. The summed E-state index contributed by atoms with van der Waals surface area (Å²) in [5.41, 5.74) is 0. The first-order valence-electron chi connectivity index (χ1n) is 3.27. The molecule has 9 heavy (non-hydrogen) atoms. The SMILES string of the molecule is C[C@@H]1OCCNCC1F. The molecule has 2 nitrogen and oxygen atoms in total. The molecule has 54 valence electrons. The Morgan fingerprint density at radius 3 is 3.22 bits per heavy atom. The number of halogens is 1. The molecule has 0 bridgehead atoms. The lowest BCUT2D eigenvalue weighted by atomic mass is 10.2. The molecular formula is C6H12FNO. The van der Waals surface area contributed by atoms with Gasteiger partial charge in [-0.25, -0.2) is 4.39 Å². The highest BCUT2D eigenvalue weighted by Gasteiger charge is 2.18. The Balaban J connectivity index is 2.32. The predicted molar refractivity (Wildman–Crippen MR) is 33.2 cm³/mol. The Labute approximate surface area is 54.4 Å². The minimum atomic E-state index is -0.840. The van der Waals surface area contributed by atoms with Crippen LogP contribution in [0, 0.1) is 0 Å². The average molecular weight is 133 g/mol. The molecule has 0 radical (unpaired) electrons. The Kier molecular flexibility index (Phi) is 2.42. The predicted octanol–water partition coefficient (Wildman–Crippen LogP) is 0.333. The van der Waals surface area contributed by atoms with E-state index in [9.17, 15) is 4.39 Å². The minimum absolute atomic E-state index is 0.236. The molecule has 0 aromatic carbocycles. The lowest BCUT2D eigenvalue weighted by Crippen LogP contribution is -2.27. The first kappa shape index (κ1) is 6.96. The van der Waals surface area contributed by atoms with Crippen molar-refractivity contribution in [3.63, 3.8) is 0 Å². The number of rotatable bonds is 0. The van der Waals surface area contributed by atoms with Gasteiger partial charge in [-0.3, -0.25) is 0 Å². The highest BCUT2D eigenvalue weighted by Crippen LogP contribution is 2.03. The van der Waals surface area contributed by atoms with Gasteiger partial charge in [0.1, 0.15) is 6.17 Å². The van der Waals surface area contributed by atoms with Gasteiger partial charge in [-0.05, 0) is 6.92 Å². The standard InChI is InChI=1S/C6H12FNO/c1-5-6(7)4-8-2-3-9-5/h5-6,8H,2-4H2,1H3/t5-,6?/m0/s1. The maximum Gasteiger partial charge on any atom is 0.138 e. The van der Waals surface area contributed by atoms with Crippen LogP contribution in [0.5, 0.6) is 0 Å². The van der Waals surface area contributed by atoms with Crippen LogP contribution in [0.2, 0.25) is 0 Å². The van der Waals surface area contributed by atoms with E-state index in [1.54, 1.807) is 6.92 Å². The molecule has 0 aromatic rings. The Hall–Kier alpha value is -0.150. The monoisotopic (exact) mass is 133 g/mol. The van der Waals surface area contributed by atoms with E-state index in [1.165, 1.54) is 0 Å². The summed E-state index contributed by atoms with van der Waals surface area (Å²) >= 11 is 0. The van der Waals surface area contributed by atoms with Gasteiger partial charge in [0.2, 0.25) is 0 Å². The number of nitrogens with one attached hydrogen (secondary N) is 1. The number of hydrogen-bond donors (Lipinski definition) is 1. The number of alkyl halides is 1. The van der Waals surface area contributed by atoms with Crippen LogP contribution in [-0.2, 0) is 4.74 Å². The molecule has 1 aliphatic heterocycles. The lowest BCUT2D eigenvalue weighted by molar-refractivity contribution is 0.0306. The summed E-state index contributed by atoms with van der Waals surface area (Å²) in [6, 6.07) is 0. The molecule has 3 heteroatoms. The van der Waals surface area contributed by atoms with Crippen molar-refractivity contribution in [1.29, 1.82) is 0 Å². The molecule has 0 amide bonds. The van der Waals surface area contributed by atoms with Gasteiger partial charge >= 0.3 is 0 Å². The van der Waals surface area contributed by atoms with Crippen molar-refractivity contribution in [3.8, 4) is 0 Å². The van der Waals surface area contributed by atoms with Crippen LogP contribution < -0.4 is 5.32 Å². The van der Waals surface area contributed by atoms with Gasteiger partial charge in [-0.2, -0.15) is 0 Å². The lowest BCUT2D eigenvalue weighted by Gasteiger charge is -2.11. The first-order valence-corrected chi connectivity index (χ1v) is 3.27. The van der Waals surface area contributed by atoms with E-state index in [1.807, 2.05) is 0 Å². The third-order valence-electron chi connectivity index (χ3n) is 1.51. The highest BCUT2D eigenvalue weighted by molar-refractivity contribution is 4.70. The van der Waals surface area contributed by atoms with Gasteiger partial charge in [0, 0.05) is 13.1 Å². The van der Waals surface area contributed by atoms with Crippen LogP contribution in [0.3, 0.4) is 0 Å². The van der Waals surface area contributed by atoms with Crippen molar-refractivity contribution in [3.05, 3.63) is 0 Å². The van der Waals surface area contributed by atoms with Crippen LogP contribution in [0.15, 0.2) is 0 Å². The van der Waals surface area contributed by atoms with Gasteiger partial charge in [-0.15, -0.1) is 0 Å². The summed E-state index contributed by atoms with van der Waals surface area (Å²) in [5.74, 6) is 0. The summed E-state index contributed by atoms with van der Waals surface area (Å²) in [5, 5.41) is 2.93. The number of ether oxygens (including phenoxy) is 1. The van der Waals surface area contributed by atoms with E-state index in [0.717, 1.165) is 6.54 Å². The molecule has 1 unspecified atom stereocenters. The minimum Gasteiger partial charge on any atom is -0.374 e. The molecule has 1 saturated heterocycles. The first-order chi connectivity index (χ1) is 4.30. The maximum absolute atomic E-state index is 12.6. The molecular weight excluding hydrogens is 121 g/mol. The second-order valence-corrected chi connectivity index (χ2v) is 2.30. The zero-order chi connectivity index (χ0) is 6.69. The summed E-state index contributed by atoms with van der Waals surface area (Å²) < 4.78 is 17.7. The van der Waals surface area contributed by atoms with Gasteiger partial charge in [0.05, 0.1) is 12.7 Å². The summed E-state index contributed by atoms with van der Waals surface area (Å²) in [7, 11) is 0. The van der Waals surface area contributed by atoms with Crippen LogP contribution in [0.1, 0.15) is 6.92 Å². The van der Waals surface area contributed by atoms with Crippen molar-refractivity contribution in [1.82, 2.24) is 5.32 Å². The Bertz CT molecular complexity index is 79.1. The molecule has 2 atom stereocenters. The molecule has 0 spiro atoms. The van der Waals surface area contributed by atoms with Crippen molar-refractivity contribution < 1.29 is 9.13 Å². The molecule has 1 aliphatic rings. The zero-order valence-electron chi connectivity index (χ0n) is 5.56. The van der Waals surface area contributed by atoms with Crippen molar-refractivity contribution in [2.24, 2.45) is 0 Å². The van der Waals surface area contributed by atoms with Gasteiger partial charge in [-0.1, -0.05) is 0 Å². The topological polar surface area (TPSA) is 21.3 Å². The van der Waals surface area contributed by atoms with Crippen molar-refractivity contribution in [2.75, 3.05) is 19.7 Å². The van der Waals surface area contributed by atoms with E-state index in [4.69, 9.17) is 4.74 Å². The van der Waals surface area contributed by atoms with E-state index < -0.39 is 6.17 Å². The molecule has 1 rings (SSSR count). The molecule has 0 saturated carbocycles. The summed E-state index contributed by atoms with van der Waals surface area (Å²) in [4.78, 5) is 0. The molecule has 0 aromatic heterocycles. The third-order valence-corrected chi connectivity index (χ3v) is 1.51. The van der Waals surface area contributed by atoms with Crippen molar-refractivity contribution >= 4 is 0 Å². The smallest absolute Gasteiger partial charge is 0.138 e. The van der Waals surface area contributed by atoms with Crippen LogP contribution in [0.25, 0.3) is 0 Å². The molecule has 1 N–H and O–H groups in total. The fourth-order valence-electron chi connectivity index (χ4n) is 0.827. The zero-order valence-corrected chi connectivity index (χ0v) is 5.56. The largest absolute Gasteiger partial charge is 0.374 e. The van der Waals surface area contributed by atoms with Crippen LogP contribution >= 0.6 is 0 Å². The van der Waals surface area contributed by atoms with Crippen LogP contribution in [-0.4, -0.2) is 32.0 Å². The molecule has 0 aliphatic carbocycles. The summed E-state index contributed by atoms with van der Waals surface area (Å²) in [6.07, 6.45) is -1.08. The maximum atomic E-state index is 12.6. The second kappa shape index (κ2) is 3.13. The number of hydrogen-bond acceptors (Lipinski definition) is 2. The van der Waals surface area contributed by atoms with Gasteiger partial charge < -0.3 is 10.1 Å². The fourth-order valence-corrected chi connectivity index (χ4v) is 0.827. The van der Waals surface area contributed by atoms with E-state index in [-0.39, 0.29) is 6.10 Å². The molecule has 1 fully saturated rings. The van der Waals surface area contributed by atoms with E-state index >= 15 is 0 Å². The third kappa shape index (κ3) is 1.91. The molecule has 1 heterocycles. The second-order valence-electron chi connectivity index (χ2n) is 2.30. The Morgan fingerprint density at radius 2 is 2.44 bits per heavy atom. The van der Waals surface area contributed by atoms with Gasteiger partial charge in [0.25, 0.3) is 0 Å². The van der Waals surface area contributed by atoms with Crippen molar-refractivity contribution in [2.45, 2.75) is 19.2 Å². The van der Waals surface area contributed by atoms with Gasteiger partial charge in [0.15, 0.2) is 0 Å².